The minimum absolute atomic E-state index is 0.584. The predicted octanol–water partition coefficient (Wildman–Crippen LogP) is 1.00. The summed E-state index contributed by atoms with van der Waals surface area (Å²) >= 11 is 0. The van der Waals surface area contributed by atoms with Crippen molar-refractivity contribution in [2.45, 2.75) is 6.54 Å². The van der Waals surface area contributed by atoms with E-state index in [2.05, 4.69) is 11.2 Å². The molecule has 0 fully saturated rings. The van der Waals surface area contributed by atoms with Crippen molar-refractivity contribution in [2.75, 3.05) is 6.54 Å². The Morgan fingerprint density at radius 3 is 3.20 bits per heavy atom. The zero-order valence-corrected chi connectivity index (χ0v) is 5.63. The van der Waals surface area contributed by atoms with Gasteiger partial charge >= 0.3 is 0 Å². The first kappa shape index (κ1) is 6.91. The van der Waals surface area contributed by atoms with Crippen molar-refractivity contribution >= 4 is 0 Å². The second kappa shape index (κ2) is 3.76. The Balaban J connectivity index is 2.23. The van der Waals surface area contributed by atoms with Gasteiger partial charge in [0.2, 0.25) is 0 Å². The van der Waals surface area contributed by atoms with Gasteiger partial charge in [-0.3, -0.25) is 5.32 Å². The van der Waals surface area contributed by atoms with Crippen molar-refractivity contribution in [1.29, 1.82) is 0 Å². The van der Waals surface area contributed by atoms with Gasteiger partial charge in [0.1, 0.15) is 5.76 Å². The van der Waals surface area contributed by atoms with Crippen molar-refractivity contribution in [3.63, 3.8) is 0 Å². The van der Waals surface area contributed by atoms with E-state index in [1.165, 1.54) is 0 Å². The SMILES string of the molecule is C#CCNCc1ccco1. The van der Waals surface area contributed by atoms with E-state index in [0.717, 1.165) is 5.76 Å². The largest absolute Gasteiger partial charge is 0.468 e. The summed E-state index contributed by atoms with van der Waals surface area (Å²) in [6, 6.07) is 3.76. The van der Waals surface area contributed by atoms with Crippen LogP contribution in [0.5, 0.6) is 0 Å². The van der Waals surface area contributed by atoms with Gasteiger partial charge in [-0.1, -0.05) is 5.92 Å². The molecule has 0 amide bonds. The van der Waals surface area contributed by atoms with Gasteiger partial charge in [0.15, 0.2) is 0 Å². The molecule has 0 atom stereocenters. The van der Waals surface area contributed by atoms with Crippen molar-refractivity contribution in [3.05, 3.63) is 24.2 Å². The van der Waals surface area contributed by atoms with Crippen LogP contribution in [0.15, 0.2) is 22.8 Å². The van der Waals surface area contributed by atoms with Crippen molar-refractivity contribution in [1.82, 2.24) is 5.32 Å². The van der Waals surface area contributed by atoms with Crippen LogP contribution in [0.2, 0.25) is 0 Å². The third-order valence-corrected chi connectivity index (χ3v) is 1.11. The summed E-state index contributed by atoms with van der Waals surface area (Å²) in [7, 11) is 0. The molecule has 0 saturated carbocycles. The Morgan fingerprint density at radius 2 is 2.60 bits per heavy atom. The number of nitrogens with one attached hydrogen (secondary N) is 1. The fourth-order valence-corrected chi connectivity index (χ4v) is 0.671. The van der Waals surface area contributed by atoms with Gasteiger partial charge in [0.05, 0.1) is 19.4 Å². The maximum atomic E-state index is 5.05. The highest BCUT2D eigenvalue weighted by Gasteiger charge is 1.90. The molecule has 1 aromatic heterocycles. The van der Waals surface area contributed by atoms with Crippen LogP contribution < -0.4 is 5.32 Å². The summed E-state index contributed by atoms with van der Waals surface area (Å²) in [5.41, 5.74) is 0. The smallest absolute Gasteiger partial charge is 0.117 e. The molecule has 0 spiro atoms. The predicted molar refractivity (Wildman–Crippen MR) is 39.2 cm³/mol. The van der Waals surface area contributed by atoms with Gasteiger partial charge in [-0.05, 0) is 12.1 Å². The lowest BCUT2D eigenvalue weighted by atomic mass is 10.4. The minimum atomic E-state index is 0.584. The molecular weight excluding hydrogens is 126 g/mol. The zero-order valence-electron chi connectivity index (χ0n) is 5.63. The first-order chi connectivity index (χ1) is 4.93. The highest BCUT2D eigenvalue weighted by atomic mass is 16.3. The Kier molecular flexibility index (Phi) is 2.60. The minimum Gasteiger partial charge on any atom is -0.468 e. The molecule has 1 heterocycles. The standard InChI is InChI=1S/C8H9NO/c1-2-5-9-7-8-4-3-6-10-8/h1,3-4,6,9H,5,7H2. The molecule has 0 aliphatic carbocycles. The Bertz CT molecular complexity index is 208. The Morgan fingerprint density at radius 1 is 1.70 bits per heavy atom. The van der Waals surface area contributed by atoms with E-state index in [4.69, 9.17) is 10.8 Å². The zero-order chi connectivity index (χ0) is 7.23. The fourth-order valence-electron chi connectivity index (χ4n) is 0.671. The molecule has 0 aliphatic heterocycles. The van der Waals surface area contributed by atoms with Gasteiger partial charge < -0.3 is 4.42 Å². The fraction of sp³-hybridized carbons (Fsp3) is 0.250. The van der Waals surface area contributed by atoms with Crippen molar-refractivity contribution < 1.29 is 4.42 Å². The molecule has 52 valence electrons. The lowest BCUT2D eigenvalue weighted by Crippen LogP contribution is -2.12. The summed E-state index contributed by atoms with van der Waals surface area (Å²) in [6.45, 7) is 1.29. The van der Waals surface area contributed by atoms with Crippen molar-refractivity contribution in [3.8, 4) is 12.3 Å². The lowest BCUT2D eigenvalue weighted by Gasteiger charge is -1.94. The first-order valence-corrected chi connectivity index (χ1v) is 3.10. The van der Waals surface area contributed by atoms with E-state index in [0.29, 0.717) is 13.1 Å². The van der Waals surface area contributed by atoms with E-state index in [1.807, 2.05) is 12.1 Å². The number of hydrogen-bond donors (Lipinski definition) is 1. The molecule has 10 heavy (non-hydrogen) atoms. The van der Waals surface area contributed by atoms with Gasteiger partial charge in [0, 0.05) is 0 Å². The van der Waals surface area contributed by atoms with Crippen LogP contribution in [0.3, 0.4) is 0 Å². The third-order valence-electron chi connectivity index (χ3n) is 1.11. The number of hydrogen-bond acceptors (Lipinski definition) is 2. The van der Waals surface area contributed by atoms with Gasteiger partial charge in [-0.2, -0.15) is 0 Å². The van der Waals surface area contributed by atoms with E-state index in [1.54, 1.807) is 6.26 Å². The van der Waals surface area contributed by atoms with E-state index < -0.39 is 0 Å². The average Bonchev–Trinajstić information content (AvgIpc) is 2.41. The molecular formula is C8H9NO. The van der Waals surface area contributed by atoms with E-state index in [-0.39, 0.29) is 0 Å². The van der Waals surface area contributed by atoms with Crippen LogP contribution in [-0.2, 0) is 6.54 Å². The van der Waals surface area contributed by atoms with Crippen LogP contribution in [-0.4, -0.2) is 6.54 Å². The normalized spacial score (nSPS) is 9.10. The van der Waals surface area contributed by atoms with Crippen LogP contribution in [0, 0.1) is 12.3 Å². The molecule has 1 N–H and O–H groups in total. The molecule has 0 radical (unpaired) electrons. The number of furan rings is 1. The summed E-state index contributed by atoms with van der Waals surface area (Å²) in [4.78, 5) is 0. The van der Waals surface area contributed by atoms with E-state index in [9.17, 15) is 0 Å². The summed E-state index contributed by atoms with van der Waals surface area (Å²) in [5, 5.41) is 3.01. The monoisotopic (exact) mass is 135 g/mol. The average molecular weight is 135 g/mol. The van der Waals surface area contributed by atoms with E-state index >= 15 is 0 Å². The lowest BCUT2D eigenvalue weighted by molar-refractivity contribution is 0.491. The molecule has 1 rings (SSSR count). The maximum Gasteiger partial charge on any atom is 0.117 e. The quantitative estimate of drug-likeness (QED) is 0.494. The van der Waals surface area contributed by atoms with Gasteiger partial charge in [-0.15, -0.1) is 6.42 Å². The highest BCUT2D eigenvalue weighted by Crippen LogP contribution is 1.97. The Labute approximate surface area is 60.2 Å². The van der Waals surface area contributed by atoms with Crippen LogP contribution in [0.4, 0.5) is 0 Å². The van der Waals surface area contributed by atoms with Gasteiger partial charge in [-0.25, -0.2) is 0 Å². The van der Waals surface area contributed by atoms with Crippen LogP contribution >= 0.6 is 0 Å². The highest BCUT2D eigenvalue weighted by molar-refractivity contribution is 4.98. The molecule has 0 bridgehead atoms. The van der Waals surface area contributed by atoms with Gasteiger partial charge in [0.25, 0.3) is 0 Å². The molecule has 0 aliphatic rings. The number of rotatable bonds is 3. The first-order valence-electron chi connectivity index (χ1n) is 3.10. The summed E-state index contributed by atoms with van der Waals surface area (Å²) < 4.78 is 5.05. The third kappa shape index (κ3) is 1.96. The van der Waals surface area contributed by atoms with Crippen molar-refractivity contribution in [2.24, 2.45) is 0 Å². The second-order valence-corrected chi connectivity index (χ2v) is 1.89. The Hall–Kier alpha value is -1.20. The van der Waals surface area contributed by atoms with Crippen LogP contribution in [0.25, 0.3) is 0 Å². The molecule has 2 nitrogen and oxygen atoms in total. The van der Waals surface area contributed by atoms with Crippen LogP contribution in [0.1, 0.15) is 5.76 Å². The molecule has 2 heteroatoms. The molecule has 0 aromatic carbocycles. The number of terminal acetylenes is 1. The second-order valence-electron chi connectivity index (χ2n) is 1.89. The summed E-state index contributed by atoms with van der Waals surface area (Å²) in [5.74, 6) is 3.39. The topological polar surface area (TPSA) is 25.2 Å². The summed E-state index contributed by atoms with van der Waals surface area (Å²) in [6.07, 6.45) is 6.67. The maximum absolute atomic E-state index is 5.05. The molecule has 0 saturated heterocycles. The molecule has 1 aromatic rings. The molecule has 0 unspecified atom stereocenters.